The number of halogens is 3. The average molecular weight is 457 g/mol. The topological polar surface area (TPSA) is 100 Å². The number of nitrogens with one attached hydrogen (secondary N) is 3. The minimum absolute atomic E-state index is 0.106. The Bertz CT molecular complexity index is 1300. The number of aromatic amines is 1. The van der Waals surface area contributed by atoms with E-state index in [4.69, 9.17) is 0 Å². The van der Waals surface area contributed by atoms with Crippen LogP contribution in [0.15, 0.2) is 42.6 Å². The number of alkyl halides is 2. The van der Waals surface area contributed by atoms with Gasteiger partial charge in [0.1, 0.15) is 11.3 Å². The quantitative estimate of drug-likeness (QED) is 0.389. The fourth-order valence-corrected chi connectivity index (χ4v) is 3.16. The normalized spacial score (nSPS) is 11.8. The Balaban J connectivity index is 1.77. The average Bonchev–Trinajstić information content (AvgIpc) is 3.37. The van der Waals surface area contributed by atoms with Gasteiger partial charge in [0.2, 0.25) is 11.7 Å². The van der Waals surface area contributed by atoms with Gasteiger partial charge in [-0.1, -0.05) is 13.8 Å². The molecule has 0 spiro atoms. The van der Waals surface area contributed by atoms with Crippen LogP contribution in [-0.2, 0) is 17.3 Å². The van der Waals surface area contributed by atoms with Gasteiger partial charge >= 0.3 is 5.92 Å². The maximum Gasteiger partial charge on any atom is 0.333 e. The van der Waals surface area contributed by atoms with Gasteiger partial charge in [-0.05, 0) is 42.8 Å². The lowest BCUT2D eigenvalue weighted by Crippen LogP contribution is -2.26. The van der Waals surface area contributed by atoms with Gasteiger partial charge in [0, 0.05) is 36.0 Å². The zero-order valence-corrected chi connectivity index (χ0v) is 18.2. The zero-order chi connectivity index (χ0) is 23.8. The Morgan fingerprint density at radius 1 is 1.21 bits per heavy atom. The fourth-order valence-electron chi connectivity index (χ4n) is 3.16. The molecule has 4 rings (SSSR count). The van der Waals surface area contributed by atoms with E-state index >= 15 is 8.78 Å². The highest BCUT2D eigenvalue weighted by Crippen LogP contribution is 2.35. The van der Waals surface area contributed by atoms with Crippen LogP contribution in [0.2, 0.25) is 0 Å². The van der Waals surface area contributed by atoms with Crippen molar-refractivity contribution < 1.29 is 18.0 Å². The number of nitrogens with zero attached hydrogens (tertiary/aromatic N) is 4. The molecule has 0 aliphatic carbocycles. The summed E-state index contributed by atoms with van der Waals surface area (Å²) in [6.45, 7) is 5.54. The molecule has 0 bridgehead atoms. The summed E-state index contributed by atoms with van der Waals surface area (Å²) in [6, 6.07) is 7.30. The highest BCUT2D eigenvalue weighted by molar-refractivity contribution is 5.78. The molecule has 0 unspecified atom stereocenters. The van der Waals surface area contributed by atoms with E-state index in [1.165, 1.54) is 4.52 Å². The van der Waals surface area contributed by atoms with Crippen molar-refractivity contribution in [2.45, 2.75) is 33.2 Å². The Hall–Kier alpha value is -3.89. The Labute approximate surface area is 187 Å². The molecule has 0 saturated carbocycles. The molecule has 3 N–H and O–H groups in total. The fraction of sp³-hybridized carbons (Fsp3) is 0.273. The van der Waals surface area contributed by atoms with E-state index in [1.54, 1.807) is 39.1 Å². The van der Waals surface area contributed by atoms with Crippen LogP contribution in [0, 0.1) is 18.7 Å². The van der Waals surface area contributed by atoms with Crippen molar-refractivity contribution >= 4 is 23.1 Å². The summed E-state index contributed by atoms with van der Waals surface area (Å²) in [6.07, 6.45) is 1.54. The maximum absolute atomic E-state index is 15.3. The molecule has 0 fully saturated rings. The molecule has 8 nitrogen and oxygen atoms in total. The standard InChI is InChI=1S/C22H22F3N7O/c1-12(2)20(33)26-10-14-9-17-19(27-18-8-13(3)29-30-18)28-21(31-32(17)11-14)22(24,25)15-4-6-16(23)7-5-15/h4-9,11-12H,10H2,1-3H3,(H,26,33)(H2,27,28,29,30,31). The monoisotopic (exact) mass is 457 g/mol. The lowest BCUT2D eigenvalue weighted by Gasteiger charge is -2.16. The molecule has 0 radical (unpaired) electrons. The van der Waals surface area contributed by atoms with E-state index in [2.05, 4.69) is 30.9 Å². The third kappa shape index (κ3) is 4.66. The molecule has 1 amide bonds. The van der Waals surface area contributed by atoms with E-state index in [0.29, 0.717) is 16.9 Å². The number of H-pyrrole nitrogens is 1. The van der Waals surface area contributed by atoms with Gasteiger partial charge in [-0.3, -0.25) is 9.89 Å². The van der Waals surface area contributed by atoms with E-state index in [0.717, 1.165) is 30.0 Å². The zero-order valence-electron chi connectivity index (χ0n) is 18.2. The summed E-state index contributed by atoms with van der Waals surface area (Å²) < 4.78 is 45.0. The van der Waals surface area contributed by atoms with Crippen molar-refractivity contribution in [3.05, 3.63) is 71.1 Å². The van der Waals surface area contributed by atoms with Crippen molar-refractivity contribution in [3.63, 3.8) is 0 Å². The van der Waals surface area contributed by atoms with Crippen molar-refractivity contribution in [1.29, 1.82) is 0 Å². The summed E-state index contributed by atoms with van der Waals surface area (Å²) in [4.78, 5) is 16.0. The Morgan fingerprint density at radius 2 is 1.94 bits per heavy atom. The molecule has 3 heterocycles. The number of carbonyl (C=O) groups is 1. The number of hydrogen-bond acceptors (Lipinski definition) is 5. The molecule has 33 heavy (non-hydrogen) atoms. The smallest absolute Gasteiger partial charge is 0.333 e. The number of benzene rings is 1. The molecule has 11 heteroatoms. The summed E-state index contributed by atoms with van der Waals surface area (Å²) in [7, 11) is 0. The SMILES string of the molecule is Cc1cc(Nc2nc(C(F)(F)c3ccc(F)cc3)nn3cc(CNC(=O)C(C)C)cc23)n[nH]1. The Morgan fingerprint density at radius 3 is 2.58 bits per heavy atom. The van der Waals surface area contributed by atoms with Crippen LogP contribution in [0.3, 0.4) is 0 Å². The molecule has 0 aliphatic rings. The summed E-state index contributed by atoms with van der Waals surface area (Å²) >= 11 is 0. The second-order valence-electron chi connectivity index (χ2n) is 7.98. The van der Waals surface area contributed by atoms with Crippen molar-refractivity contribution in [1.82, 2.24) is 30.1 Å². The molecular formula is C22H22F3N7O. The van der Waals surface area contributed by atoms with Crippen LogP contribution in [0.25, 0.3) is 5.52 Å². The largest absolute Gasteiger partial charge is 0.352 e. The van der Waals surface area contributed by atoms with Crippen molar-refractivity contribution in [3.8, 4) is 0 Å². The predicted molar refractivity (Wildman–Crippen MR) is 116 cm³/mol. The summed E-state index contributed by atoms with van der Waals surface area (Å²) in [5, 5.41) is 16.6. The lowest BCUT2D eigenvalue weighted by molar-refractivity contribution is -0.124. The van der Waals surface area contributed by atoms with Gasteiger partial charge in [-0.25, -0.2) is 13.9 Å². The second-order valence-corrected chi connectivity index (χ2v) is 7.98. The summed E-state index contributed by atoms with van der Waals surface area (Å²) in [5.41, 5.74) is 1.40. The van der Waals surface area contributed by atoms with Crippen LogP contribution >= 0.6 is 0 Å². The maximum atomic E-state index is 15.3. The molecule has 4 aromatic rings. The third-order valence-electron chi connectivity index (χ3n) is 4.95. The molecule has 0 atom stereocenters. The number of fused-ring (bicyclic) bond motifs is 1. The first-order valence-corrected chi connectivity index (χ1v) is 10.2. The van der Waals surface area contributed by atoms with E-state index in [-0.39, 0.29) is 24.2 Å². The molecule has 0 aliphatic heterocycles. The van der Waals surface area contributed by atoms with Gasteiger partial charge in [0.15, 0.2) is 11.6 Å². The van der Waals surface area contributed by atoms with Crippen molar-refractivity contribution in [2.24, 2.45) is 5.92 Å². The number of aromatic nitrogens is 5. The van der Waals surface area contributed by atoms with E-state index < -0.39 is 23.1 Å². The first-order chi connectivity index (χ1) is 15.6. The van der Waals surface area contributed by atoms with Gasteiger partial charge < -0.3 is 10.6 Å². The first kappa shape index (κ1) is 22.3. The van der Waals surface area contributed by atoms with Crippen LogP contribution < -0.4 is 10.6 Å². The molecular weight excluding hydrogens is 435 g/mol. The van der Waals surface area contributed by atoms with Crippen LogP contribution in [-0.4, -0.2) is 30.7 Å². The van der Waals surface area contributed by atoms with E-state index in [1.807, 2.05) is 0 Å². The second kappa shape index (κ2) is 8.57. The number of hydrogen-bond donors (Lipinski definition) is 3. The third-order valence-corrected chi connectivity index (χ3v) is 4.95. The molecule has 172 valence electrons. The predicted octanol–water partition coefficient (Wildman–Crippen LogP) is 4.06. The number of carbonyl (C=O) groups excluding carboxylic acids is 1. The number of anilines is 2. The Kier molecular flexibility index (Phi) is 5.79. The summed E-state index contributed by atoms with van der Waals surface area (Å²) in [5.74, 6) is -4.82. The van der Waals surface area contributed by atoms with Gasteiger partial charge in [-0.2, -0.15) is 13.9 Å². The number of amides is 1. The van der Waals surface area contributed by atoms with Crippen LogP contribution in [0.4, 0.5) is 24.8 Å². The van der Waals surface area contributed by atoms with Crippen LogP contribution in [0.1, 0.15) is 36.5 Å². The highest BCUT2D eigenvalue weighted by atomic mass is 19.3. The van der Waals surface area contributed by atoms with Gasteiger partial charge in [0.25, 0.3) is 0 Å². The molecule has 0 saturated heterocycles. The minimum Gasteiger partial charge on any atom is -0.352 e. The van der Waals surface area contributed by atoms with Crippen molar-refractivity contribution in [2.75, 3.05) is 5.32 Å². The number of rotatable bonds is 7. The highest BCUT2D eigenvalue weighted by Gasteiger charge is 2.39. The van der Waals surface area contributed by atoms with Gasteiger partial charge in [0.05, 0.1) is 0 Å². The number of aryl methyl sites for hydroxylation is 1. The van der Waals surface area contributed by atoms with Gasteiger partial charge in [-0.15, -0.1) is 5.10 Å². The van der Waals surface area contributed by atoms with Crippen LogP contribution in [0.5, 0.6) is 0 Å². The molecule has 1 aromatic carbocycles. The molecule has 3 aromatic heterocycles. The first-order valence-electron chi connectivity index (χ1n) is 10.2. The van der Waals surface area contributed by atoms with E-state index in [9.17, 15) is 9.18 Å². The minimum atomic E-state index is -3.59. The lowest BCUT2D eigenvalue weighted by atomic mass is 10.1.